The number of hydrogen-bond donors (Lipinski definition) is 1. The molecule has 2 rings (SSSR count). The molecule has 0 radical (unpaired) electrons. The Labute approximate surface area is 134 Å². The zero-order chi connectivity index (χ0) is 15.2. The highest BCUT2D eigenvalue weighted by Crippen LogP contribution is 2.36. The van der Waals surface area contributed by atoms with Gasteiger partial charge >= 0.3 is 0 Å². The van der Waals surface area contributed by atoms with Gasteiger partial charge in [0.1, 0.15) is 6.10 Å². The predicted molar refractivity (Wildman–Crippen MR) is 88.6 cm³/mol. The maximum Gasteiger partial charge on any atom is 0.162 e. The highest BCUT2D eigenvalue weighted by Gasteiger charge is 2.23. The molecule has 0 fully saturated rings. The van der Waals surface area contributed by atoms with Crippen LogP contribution in [0, 0.1) is 0 Å². The van der Waals surface area contributed by atoms with Gasteiger partial charge in [0.05, 0.1) is 10.9 Å². The lowest BCUT2D eigenvalue weighted by molar-refractivity contribution is 0.165. The summed E-state index contributed by atoms with van der Waals surface area (Å²) in [5.74, 6) is 1.44. The lowest BCUT2D eigenvalue weighted by Gasteiger charge is -2.24. The van der Waals surface area contributed by atoms with Gasteiger partial charge < -0.3 is 15.2 Å². The number of rotatable bonds is 7. The number of halogens is 1. The van der Waals surface area contributed by atoms with Crippen LogP contribution in [-0.4, -0.2) is 12.6 Å². The average Bonchev–Trinajstić information content (AvgIpc) is 2.92. The van der Waals surface area contributed by atoms with Crippen molar-refractivity contribution < 1.29 is 9.47 Å². The van der Waals surface area contributed by atoms with Crippen molar-refractivity contribution in [3.8, 4) is 11.5 Å². The van der Waals surface area contributed by atoms with Gasteiger partial charge in [0, 0.05) is 10.9 Å². The molecular weight excluding hydrogens is 306 g/mol. The fourth-order valence-electron chi connectivity index (χ4n) is 2.01. The van der Waals surface area contributed by atoms with Crippen LogP contribution >= 0.6 is 22.9 Å². The number of thiophene rings is 1. The number of hydrogen-bond acceptors (Lipinski definition) is 4. The summed E-state index contributed by atoms with van der Waals surface area (Å²) in [5, 5.41) is 0. The van der Waals surface area contributed by atoms with Crippen molar-refractivity contribution in [2.45, 2.75) is 32.4 Å². The first-order valence-electron chi connectivity index (χ1n) is 7.05. The Bertz CT molecular complexity index is 573. The molecule has 0 saturated heterocycles. The van der Waals surface area contributed by atoms with E-state index in [-0.39, 0.29) is 12.1 Å². The summed E-state index contributed by atoms with van der Waals surface area (Å²) in [6.45, 7) is 4.59. The van der Waals surface area contributed by atoms with Crippen molar-refractivity contribution >= 4 is 22.9 Å². The third-order valence-corrected chi connectivity index (χ3v) is 4.43. The quantitative estimate of drug-likeness (QED) is 0.805. The Kier molecular flexibility index (Phi) is 5.91. The van der Waals surface area contributed by atoms with Crippen LogP contribution < -0.4 is 15.2 Å². The second-order valence-corrected chi connectivity index (χ2v) is 6.38. The van der Waals surface area contributed by atoms with E-state index in [1.807, 2.05) is 50.2 Å². The van der Waals surface area contributed by atoms with Gasteiger partial charge in [0.25, 0.3) is 0 Å². The molecule has 3 nitrogen and oxygen atoms in total. The number of ether oxygens (including phenoxy) is 2. The minimum absolute atomic E-state index is 0.102. The Morgan fingerprint density at radius 1 is 1.14 bits per heavy atom. The Morgan fingerprint density at radius 3 is 2.43 bits per heavy atom. The first kappa shape index (κ1) is 16.1. The molecule has 0 spiro atoms. The van der Waals surface area contributed by atoms with Crippen LogP contribution in [0.25, 0.3) is 0 Å². The SMILES string of the molecule is CCOc1ccccc1OC(c1ccc(Cl)s1)C(N)CC. The molecule has 2 N–H and O–H groups in total. The van der Waals surface area contributed by atoms with E-state index >= 15 is 0 Å². The summed E-state index contributed by atoms with van der Waals surface area (Å²) < 4.78 is 12.5. The highest BCUT2D eigenvalue weighted by molar-refractivity contribution is 7.16. The van der Waals surface area contributed by atoms with E-state index in [2.05, 4.69) is 0 Å². The molecule has 0 aliphatic rings. The average molecular weight is 326 g/mol. The van der Waals surface area contributed by atoms with E-state index < -0.39 is 0 Å². The molecule has 0 aliphatic carbocycles. The summed E-state index contributed by atoms with van der Waals surface area (Å²) >= 11 is 7.53. The summed E-state index contributed by atoms with van der Waals surface area (Å²) in [6, 6.07) is 11.4. The normalized spacial score (nSPS) is 13.7. The Balaban J connectivity index is 2.27. The maximum absolute atomic E-state index is 6.23. The molecule has 114 valence electrons. The molecule has 0 saturated carbocycles. The lowest BCUT2D eigenvalue weighted by Crippen LogP contribution is -2.31. The molecule has 2 atom stereocenters. The first-order valence-corrected chi connectivity index (χ1v) is 8.24. The minimum atomic E-state index is -0.228. The van der Waals surface area contributed by atoms with Gasteiger partial charge in [-0.05, 0) is 37.6 Å². The van der Waals surface area contributed by atoms with Gasteiger partial charge in [-0.2, -0.15) is 0 Å². The van der Waals surface area contributed by atoms with Crippen LogP contribution in [0.3, 0.4) is 0 Å². The molecule has 1 aromatic heterocycles. The van der Waals surface area contributed by atoms with E-state index in [0.717, 1.165) is 21.4 Å². The van der Waals surface area contributed by atoms with E-state index in [0.29, 0.717) is 12.4 Å². The van der Waals surface area contributed by atoms with Crippen molar-refractivity contribution in [2.24, 2.45) is 5.73 Å². The fraction of sp³-hybridized carbons (Fsp3) is 0.375. The van der Waals surface area contributed by atoms with E-state index in [4.69, 9.17) is 26.8 Å². The molecule has 1 aromatic carbocycles. The van der Waals surface area contributed by atoms with Gasteiger partial charge in [0.2, 0.25) is 0 Å². The second-order valence-electron chi connectivity index (χ2n) is 4.63. The Morgan fingerprint density at radius 2 is 1.86 bits per heavy atom. The predicted octanol–water partition coefficient (Wildman–Crippen LogP) is 4.66. The largest absolute Gasteiger partial charge is 0.490 e. The second kappa shape index (κ2) is 7.69. The smallest absolute Gasteiger partial charge is 0.162 e. The Hall–Kier alpha value is -1.23. The van der Waals surface area contributed by atoms with Gasteiger partial charge in [-0.3, -0.25) is 0 Å². The molecule has 5 heteroatoms. The van der Waals surface area contributed by atoms with Crippen LogP contribution in [0.1, 0.15) is 31.2 Å². The number of nitrogens with two attached hydrogens (primary N) is 1. The summed E-state index contributed by atoms with van der Waals surface area (Å²) in [6.07, 6.45) is 0.589. The monoisotopic (exact) mass is 325 g/mol. The molecule has 21 heavy (non-hydrogen) atoms. The molecule has 2 aromatic rings. The van der Waals surface area contributed by atoms with Crippen molar-refractivity contribution in [2.75, 3.05) is 6.61 Å². The van der Waals surface area contributed by atoms with E-state index in [1.165, 1.54) is 11.3 Å². The van der Waals surface area contributed by atoms with Gasteiger partial charge in [0.15, 0.2) is 11.5 Å². The standard InChI is InChI=1S/C16H20ClNO2S/c1-3-11(18)16(14-9-10-15(17)21-14)20-13-8-6-5-7-12(13)19-4-2/h5-11,16H,3-4,18H2,1-2H3. The topological polar surface area (TPSA) is 44.5 Å². The van der Waals surface area contributed by atoms with Gasteiger partial charge in [-0.1, -0.05) is 30.7 Å². The van der Waals surface area contributed by atoms with Crippen molar-refractivity contribution in [1.29, 1.82) is 0 Å². The van der Waals surface area contributed by atoms with Crippen LogP contribution in [0.2, 0.25) is 4.34 Å². The first-order chi connectivity index (χ1) is 10.2. The van der Waals surface area contributed by atoms with Crippen LogP contribution in [0.4, 0.5) is 0 Å². The van der Waals surface area contributed by atoms with E-state index in [1.54, 1.807) is 0 Å². The van der Waals surface area contributed by atoms with Crippen molar-refractivity contribution in [1.82, 2.24) is 0 Å². The number of para-hydroxylation sites is 2. The zero-order valence-electron chi connectivity index (χ0n) is 12.2. The van der Waals surface area contributed by atoms with Crippen molar-refractivity contribution in [3.63, 3.8) is 0 Å². The van der Waals surface area contributed by atoms with Crippen molar-refractivity contribution in [3.05, 3.63) is 45.6 Å². The van der Waals surface area contributed by atoms with Crippen LogP contribution in [0.15, 0.2) is 36.4 Å². The van der Waals surface area contributed by atoms with Crippen LogP contribution in [0.5, 0.6) is 11.5 Å². The lowest BCUT2D eigenvalue weighted by atomic mass is 10.1. The molecule has 0 bridgehead atoms. The molecular formula is C16H20ClNO2S. The van der Waals surface area contributed by atoms with Gasteiger partial charge in [-0.15, -0.1) is 11.3 Å². The molecule has 1 heterocycles. The summed E-state index contributed by atoms with van der Waals surface area (Å²) in [5.41, 5.74) is 6.23. The molecule has 2 unspecified atom stereocenters. The highest BCUT2D eigenvalue weighted by atomic mass is 35.5. The summed E-state index contributed by atoms with van der Waals surface area (Å²) in [7, 11) is 0. The number of benzene rings is 1. The molecule has 0 amide bonds. The molecule has 0 aliphatic heterocycles. The zero-order valence-corrected chi connectivity index (χ0v) is 13.8. The third-order valence-electron chi connectivity index (χ3n) is 3.14. The summed E-state index contributed by atoms with van der Waals surface area (Å²) in [4.78, 5) is 1.03. The van der Waals surface area contributed by atoms with Crippen LogP contribution in [-0.2, 0) is 0 Å². The minimum Gasteiger partial charge on any atom is -0.490 e. The van der Waals surface area contributed by atoms with E-state index in [9.17, 15) is 0 Å². The fourth-order valence-corrected chi connectivity index (χ4v) is 3.18. The maximum atomic E-state index is 6.23. The van der Waals surface area contributed by atoms with Gasteiger partial charge in [-0.25, -0.2) is 0 Å². The third kappa shape index (κ3) is 4.13.